The van der Waals surface area contributed by atoms with Gasteiger partial charge in [-0.1, -0.05) is 30.1 Å². The van der Waals surface area contributed by atoms with Gasteiger partial charge in [-0.3, -0.25) is 10.2 Å². The SMILES string of the molecule is CCc1cc(OCn2cc(Cl)c(C(=O)NN)n2)ccc1Cl. The zero-order valence-electron chi connectivity index (χ0n) is 11.3. The van der Waals surface area contributed by atoms with Crippen LogP contribution in [0.3, 0.4) is 0 Å². The predicted octanol–water partition coefficient (Wildman–Crippen LogP) is 2.39. The lowest BCUT2D eigenvalue weighted by Gasteiger charge is -2.08. The van der Waals surface area contributed by atoms with Crippen LogP contribution in [0.4, 0.5) is 0 Å². The Bertz CT molecular complexity index is 658. The van der Waals surface area contributed by atoms with Crippen LogP contribution in [0.5, 0.6) is 5.75 Å². The third kappa shape index (κ3) is 3.66. The molecule has 3 N–H and O–H groups in total. The standard InChI is InChI=1S/C13H14Cl2N4O2/c1-2-8-5-9(3-4-10(8)14)21-7-19-6-11(15)12(18-19)13(20)17-16/h3-6H,2,7,16H2,1H3,(H,17,20). The van der Waals surface area contributed by atoms with Crippen molar-refractivity contribution in [1.82, 2.24) is 15.2 Å². The van der Waals surface area contributed by atoms with Gasteiger partial charge in [0.1, 0.15) is 5.75 Å². The minimum absolute atomic E-state index is 0.0492. The molecule has 8 heteroatoms. The summed E-state index contributed by atoms with van der Waals surface area (Å²) in [4.78, 5) is 11.4. The highest BCUT2D eigenvalue weighted by molar-refractivity contribution is 6.33. The summed E-state index contributed by atoms with van der Waals surface area (Å²) in [6.07, 6.45) is 2.30. The summed E-state index contributed by atoms with van der Waals surface area (Å²) in [7, 11) is 0. The minimum Gasteiger partial charge on any atom is -0.471 e. The molecule has 6 nitrogen and oxygen atoms in total. The molecule has 0 unspecified atom stereocenters. The van der Waals surface area contributed by atoms with E-state index in [1.165, 1.54) is 10.9 Å². The van der Waals surface area contributed by atoms with Gasteiger partial charge in [0.05, 0.1) is 5.02 Å². The zero-order chi connectivity index (χ0) is 15.4. The second-order valence-electron chi connectivity index (χ2n) is 4.22. The van der Waals surface area contributed by atoms with Gasteiger partial charge in [-0.25, -0.2) is 10.5 Å². The fourth-order valence-corrected chi connectivity index (χ4v) is 2.23. The van der Waals surface area contributed by atoms with E-state index >= 15 is 0 Å². The first kappa shape index (κ1) is 15.6. The molecule has 0 radical (unpaired) electrons. The number of hydrogen-bond donors (Lipinski definition) is 2. The number of halogens is 2. The molecule has 2 rings (SSSR count). The molecule has 0 aliphatic rings. The second kappa shape index (κ2) is 6.80. The molecule has 0 fully saturated rings. The average Bonchev–Trinajstić information content (AvgIpc) is 2.86. The molecule has 1 aromatic carbocycles. The van der Waals surface area contributed by atoms with Gasteiger partial charge in [0, 0.05) is 11.2 Å². The third-order valence-electron chi connectivity index (χ3n) is 2.82. The molecule has 1 heterocycles. The van der Waals surface area contributed by atoms with Crippen LogP contribution in [-0.2, 0) is 13.2 Å². The first-order valence-electron chi connectivity index (χ1n) is 6.20. The number of aromatic nitrogens is 2. The van der Waals surface area contributed by atoms with E-state index in [1.54, 1.807) is 12.1 Å². The van der Waals surface area contributed by atoms with Gasteiger partial charge in [0.2, 0.25) is 0 Å². The molecule has 112 valence electrons. The summed E-state index contributed by atoms with van der Waals surface area (Å²) in [5, 5.41) is 4.90. The van der Waals surface area contributed by atoms with Gasteiger partial charge in [-0.2, -0.15) is 5.10 Å². The Balaban J connectivity index is 2.08. The molecular formula is C13H14Cl2N4O2. The fourth-order valence-electron chi connectivity index (χ4n) is 1.74. The number of carbonyl (C=O) groups is 1. The fraction of sp³-hybridized carbons (Fsp3) is 0.231. The summed E-state index contributed by atoms with van der Waals surface area (Å²) in [6, 6.07) is 5.40. The lowest BCUT2D eigenvalue weighted by atomic mass is 10.2. The van der Waals surface area contributed by atoms with Crippen molar-refractivity contribution in [2.75, 3.05) is 0 Å². The number of nitrogen functional groups attached to an aromatic ring is 1. The highest BCUT2D eigenvalue weighted by atomic mass is 35.5. The van der Waals surface area contributed by atoms with Crippen molar-refractivity contribution in [3.05, 3.63) is 45.7 Å². The number of nitrogens with zero attached hydrogens (tertiary/aromatic N) is 2. The zero-order valence-corrected chi connectivity index (χ0v) is 12.8. The molecule has 0 saturated heterocycles. The largest absolute Gasteiger partial charge is 0.471 e. The van der Waals surface area contributed by atoms with Crippen molar-refractivity contribution < 1.29 is 9.53 Å². The molecule has 21 heavy (non-hydrogen) atoms. The van der Waals surface area contributed by atoms with Crippen molar-refractivity contribution >= 4 is 29.1 Å². The molecule has 0 atom stereocenters. The monoisotopic (exact) mass is 328 g/mol. The van der Waals surface area contributed by atoms with Crippen molar-refractivity contribution in [3.8, 4) is 5.75 Å². The van der Waals surface area contributed by atoms with E-state index in [1.807, 2.05) is 18.4 Å². The van der Waals surface area contributed by atoms with Crippen molar-refractivity contribution in [2.45, 2.75) is 20.1 Å². The third-order valence-corrected chi connectivity index (χ3v) is 3.47. The number of rotatable bonds is 5. The Morgan fingerprint density at radius 3 is 2.86 bits per heavy atom. The smallest absolute Gasteiger partial charge is 0.287 e. The van der Waals surface area contributed by atoms with Gasteiger partial charge < -0.3 is 4.74 Å². The van der Waals surface area contributed by atoms with Crippen LogP contribution < -0.4 is 16.0 Å². The number of ether oxygens (including phenoxy) is 1. The Hall–Kier alpha value is -1.76. The number of nitrogens with one attached hydrogen (secondary N) is 1. The molecule has 1 aromatic heterocycles. The van der Waals surface area contributed by atoms with E-state index in [9.17, 15) is 4.79 Å². The Morgan fingerprint density at radius 2 is 2.19 bits per heavy atom. The van der Waals surface area contributed by atoms with Gasteiger partial charge >= 0.3 is 0 Å². The van der Waals surface area contributed by atoms with E-state index in [0.717, 1.165) is 12.0 Å². The van der Waals surface area contributed by atoms with Crippen LogP contribution in [0.2, 0.25) is 10.0 Å². The minimum atomic E-state index is -0.557. The summed E-state index contributed by atoms with van der Waals surface area (Å²) >= 11 is 11.9. The molecule has 0 bridgehead atoms. The molecule has 0 saturated carbocycles. The maximum Gasteiger partial charge on any atom is 0.287 e. The number of nitrogens with two attached hydrogens (primary N) is 1. The molecule has 2 aromatic rings. The Labute approximate surface area is 131 Å². The van der Waals surface area contributed by atoms with E-state index < -0.39 is 5.91 Å². The van der Waals surface area contributed by atoms with Crippen LogP contribution in [0.1, 0.15) is 23.0 Å². The second-order valence-corrected chi connectivity index (χ2v) is 5.03. The van der Waals surface area contributed by atoms with Crippen molar-refractivity contribution in [1.29, 1.82) is 0 Å². The van der Waals surface area contributed by atoms with Crippen molar-refractivity contribution in [2.24, 2.45) is 5.84 Å². The quantitative estimate of drug-likeness (QED) is 0.501. The summed E-state index contributed by atoms with van der Waals surface area (Å²) in [5.74, 6) is 5.15. The number of hydrogen-bond acceptors (Lipinski definition) is 4. The van der Waals surface area contributed by atoms with Crippen LogP contribution >= 0.6 is 23.2 Å². The van der Waals surface area contributed by atoms with Gasteiger partial charge in [-0.05, 0) is 30.2 Å². The first-order valence-corrected chi connectivity index (χ1v) is 6.95. The molecule has 1 amide bonds. The van der Waals surface area contributed by atoms with Crippen LogP contribution in [0.25, 0.3) is 0 Å². The lowest BCUT2D eigenvalue weighted by Crippen LogP contribution is -2.30. The van der Waals surface area contributed by atoms with E-state index in [-0.39, 0.29) is 17.4 Å². The predicted molar refractivity (Wildman–Crippen MR) is 80.3 cm³/mol. The van der Waals surface area contributed by atoms with Crippen LogP contribution in [0.15, 0.2) is 24.4 Å². The number of hydrazine groups is 1. The van der Waals surface area contributed by atoms with Gasteiger partial charge in [0.25, 0.3) is 5.91 Å². The first-order chi connectivity index (χ1) is 10.0. The molecule has 0 spiro atoms. The van der Waals surface area contributed by atoms with E-state index in [2.05, 4.69) is 5.10 Å². The van der Waals surface area contributed by atoms with Gasteiger partial charge in [-0.15, -0.1) is 0 Å². The van der Waals surface area contributed by atoms with Gasteiger partial charge in [0.15, 0.2) is 12.4 Å². The van der Waals surface area contributed by atoms with E-state index in [4.69, 9.17) is 33.8 Å². The lowest BCUT2D eigenvalue weighted by molar-refractivity contribution is 0.0946. The molecular weight excluding hydrogens is 315 g/mol. The number of benzene rings is 1. The normalized spacial score (nSPS) is 10.5. The maximum atomic E-state index is 11.4. The highest BCUT2D eigenvalue weighted by Crippen LogP contribution is 2.23. The van der Waals surface area contributed by atoms with Crippen LogP contribution in [0, 0.1) is 0 Å². The molecule has 0 aliphatic carbocycles. The number of amides is 1. The highest BCUT2D eigenvalue weighted by Gasteiger charge is 2.14. The van der Waals surface area contributed by atoms with E-state index in [0.29, 0.717) is 10.8 Å². The average molecular weight is 329 g/mol. The number of carbonyl (C=O) groups excluding carboxylic acids is 1. The Kier molecular flexibility index (Phi) is 5.06. The number of aryl methyl sites for hydroxylation is 1. The Morgan fingerprint density at radius 1 is 1.43 bits per heavy atom. The van der Waals surface area contributed by atoms with Crippen molar-refractivity contribution in [3.63, 3.8) is 0 Å². The molecule has 0 aliphatic heterocycles. The summed E-state index contributed by atoms with van der Waals surface area (Å²) < 4.78 is 7.00. The summed E-state index contributed by atoms with van der Waals surface area (Å²) in [6.45, 7) is 2.12. The summed E-state index contributed by atoms with van der Waals surface area (Å²) in [5.41, 5.74) is 3.02. The maximum absolute atomic E-state index is 11.4. The topological polar surface area (TPSA) is 82.2 Å². The van der Waals surface area contributed by atoms with Crippen LogP contribution in [-0.4, -0.2) is 15.7 Å².